The van der Waals surface area contributed by atoms with Crippen molar-refractivity contribution in [1.82, 2.24) is 0 Å². The molecule has 0 bridgehead atoms. The molecule has 0 aromatic rings. The fourth-order valence-corrected chi connectivity index (χ4v) is 0. The van der Waals surface area contributed by atoms with Crippen molar-refractivity contribution in [2.75, 3.05) is 0 Å². The first-order valence-corrected chi connectivity index (χ1v) is 1.71. The van der Waals surface area contributed by atoms with Crippen molar-refractivity contribution in [2.24, 2.45) is 5.18 Å². The third-order valence-electron chi connectivity index (χ3n) is 0.0677. The van der Waals surface area contributed by atoms with Crippen LogP contribution in [0, 0.1) is 4.91 Å². The summed E-state index contributed by atoms with van der Waals surface area (Å²) in [5.41, 5.74) is 0. The SMILES string of the molecule is O=N[C](=S)[Co]. The van der Waals surface area contributed by atoms with Gasteiger partial charge < -0.3 is 0 Å². The third kappa shape index (κ3) is 4.20. The zero-order valence-electron chi connectivity index (χ0n) is 2.10. The zero-order chi connectivity index (χ0) is 4.28. The van der Waals surface area contributed by atoms with Gasteiger partial charge in [0.1, 0.15) is 0 Å². The van der Waals surface area contributed by atoms with E-state index in [-0.39, 0.29) is 3.92 Å². The van der Waals surface area contributed by atoms with Crippen molar-refractivity contribution >= 4 is 16.1 Å². The van der Waals surface area contributed by atoms with Crippen molar-refractivity contribution in [3.05, 3.63) is 4.91 Å². The van der Waals surface area contributed by atoms with Crippen molar-refractivity contribution < 1.29 is 15.7 Å². The van der Waals surface area contributed by atoms with E-state index in [1.165, 1.54) is 0 Å². The predicted octanol–water partition coefficient (Wildman–Crippen LogP) is 0.585. The summed E-state index contributed by atoms with van der Waals surface area (Å²) in [4.78, 5) is 9.04. The van der Waals surface area contributed by atoms with Gasteiger partial charge in [-0.15, -0.1) is 0 Å². The Bertz CT molecular complexity index is 62.7. The summed E-state index contributed by atoms with van der Waals surface area (Å²) in [6.45, 7) is 0. The number of hydrogen-bond acceptors (Lipinski definition) is 2. The van der Waals surface area contributed by atoms with Crippen LogP contribution in [-0.2, 0) is 15.7 Å². The number of nitroso groups, excluding NO2 is 1. The van der Waals surface area contributed by atoms with Crippen LogP contribution in [0.25, 0.3) is 0 Å². The van der Waals surface area contributed by atoms with Gasteiger partial charge in [-0.3, -0.25) is 0 Å². The van der Waals surface area contributed by atoms with E-state index < -0.39 is 0 Å². The molecule has 0 aliphatic rings. The molecule has 0 aliphatic carbocycles. The van der Waals surface area contributed by atoms with Gasteiger partial charge in [-0.1, -0.05) is 0 Å². The summed E-state index contributed by atoms with van der Waals surface area (Å²) in [5.74, 6) is 0. The summed E-state index contributed by atoms with van der Waals surface area (Å²) in [7, 11) is 0. The molecule has 0 radical (unpaired) electrons. The average molecular weight is 133 g/mol. The molecule has 0 aliphatic heterocycles. The van der Waals surface area contributed by atoms with Gasteiger partial charge in [0.25, 0.3) is 0 Å². The van der Waals surface area contributed by atoms with E-state index >= 15 is 0 Å². The Morgan fingerprint density at radius 1 is 2.00 bits per heavy atom. The van der Waals surface area contributed by atoms with Gasteiger partial charge in [0.2, 0.25) is 0 Å². The van der Waals surface area contributed by atoms with E-state index in [0.717, 1.165) is 0 Å². The average Bonchev–Trinajstić information content (AvgIpc) is 1.38. The Hall–Kier alpha value is 0.196. The molecule has 0 atom stereocenters. The first-order chi connectivity index (χ1) is 2.27. The minimum absolute atomic E-state index is 0.155. The summed E-state index contributed by atoms with van der Waals surface area (Å²) in [6, 6.07) is 0. The fourth-order valence-electron chi connectivity index (χ4n) is 0. The number of hydrogen-bond donors (Lipinski definition) is 0. The summed E-state index contributed by atoms with van der Waals surface area (Å²) in [6.07, 6.45) is 0. The monoisotopic (exact) mass is 133 g/mol. The Morgan fingerprint density at radius 3 is 2.20 bits per heavy atom. The van der Waals surface area contributed by atoms with Gasteiger partial charge in [0.15, 0.2) is 0 Å². The Labute approximate surface area is 42.5 Å². The van der Waals surface area contributed by atoms with E-state index in [2.05, 4.69) is 33.1 Å². The molecular formula is CCoNOS. The van der Waals surface area contributed by atoms with Gasteiger partial charge >= 0.3 is 42.0 Å². The predicted molar refractivity (Wildman–Crippen MR) is 18.4 cm³/mol. The second-order valence-electron chi connectivity index (χ2n) is 0.325. The summed E-state index contributed by atoms with van der Waals surface area (Å²) < 4.78 is -0.155. The standard InChI is InChI=1S/CNOS.Co/c3-2-1-4;. The molecule has 0 N–H and O–H groups in total. The molecule has 0 saturated heterocycles. The van der Waals surface area contributed by atoms with Crippen molar-refractivity contribution in [1.29, 1.82) is 0 Å². The fraction of sp³-hybridized carbons (Fsp3) is 0. The molecule has 0 saturated carbocycles. The third-order valence-corrected chi connectivity index (χ3v) is 0.237. The molecule has 5 heavy (non-hydrogen) atoms. The van der Waals surface area contributed by atoms with Crippen LogP contribution >= 0.6 is 12.2 Å². The van der Waals surface area contributed by atoms with Gasteiger partial charge in [0, 0.05) is 0 Å². The van der Waals surface area contributed by atoms with E-state index in [4.69, 9.17) is 4.91 Å². The van der Waals surface area contributed by atoms with Crippen LogP contribution in [-0.4, -0.2) is 3.92 Å². The van der Waals surface area contributed by atoms with Crippen molar-refractivity contribution in [3.8, 4) is 0 Å². The Balaban J connectivity index is 3.20. The second kappa shape index (κ2) is 2.43. The Morgan fingerprint density at radius 2 is 2.20 bits per heavy atom. The van der Waals surface area contributed by atoms with Crippen LogP contribution < -0.4 is 0 Å². The van der Waals surface area contributed by atoms with Crippen molar-refractivity contribution in [3.63, 3.8) is 0 Å². The van der Waals surface area contributed by atoms with Crippen LogP contribution in [0.5, 0.6) is 0 Å². The molecule has 0 unspecified atom stereocenters. The molecule has 0 fully saturated rings. The number of nitrogens with zero attached hydrogens (tertiary/aromatic N) is 1. The van der Waals surface area contributed by atoms with E-state index in [9.17, 15) is 0 Å². The van der Waals surface area contributed by atoms with Crippen LogP contribution in [0.3, 0.4) is 0 Å². The van der Waals surface area contributed by atoms with Gasteiger partial charge in [-0.2, -0.15) is 0 Å². The molecule has 0 aromatic carbocycles. The first kappa shape index (κ1) is 5.20. The van der Waals surface area contributed by atoms with Crippen LogP contribution in [0.1, 0.15) is 0 Å². The molecule has 0 spiro atoms. The normalized spacial score (nSPS) is 6.80. The topological polar surface area (TPSA) is 29.4 Å². The van der Waals surface area contributed by atoms with E-state index in [1.54, 1.807) is 0 Å². The summed E-state index contributed by atoms with van der Waals surface area (Å²) in [5, 5.41) is 2.23. The molecule has 30 valence electrons. The quantitative estimate of drug-likeness (QED) is 0.357. The second-order valence-corrected chi connectivity index (χ2v) is 1.51. The van der Waals surface area contributed by atoms with Crippen LogP contribution in [0.4, 0.5) is 0 Å². The maximum absolute atomic E-state index is 9.04. The van der Waals surface area contributed by atoms with Gasteiger partial charge in [-0.25, -0.2) is 0 Å². The number of rotatable bonds is 0. The number of thiocarbonyl (C=S) groups is 1. The van der Waals surface area contributed by atoms with E-state index in [0.29, 0.717) is 0 Å². The van der Waals surface area contributed by atoms with Crippen LogP contribution in [0.2, 0.25) is 0 Å². The molecule has 0 aromatic heterocycles. The molecular weight excluding hydrogens is 133 g/mol. The molecule has 4 heteroatoms. The van der Waals surface area contributed by atoms with E-state index in [1.807, 2.05) is 0 Å². The van der Waals surface area contributed by atoms with Crippen LogP contribution in [0.15, 0.2) is 5.18 Å². The molecule has 0 rings (SSSR count). The maximum atomic E-state index is 9.04. The van der Waals surface area contributed by atoms with Gasteiger partial charge in [0.05, 0.1) is 0 Å². The minimum atomic E-state index is -0.155. The first-order valence-electron chi connectivity index (χ1n) is 0.777. The summed E-state index contributed by atoms with van der Waals surface area (Å²) >= 11 is 7.47. The van der Waals surface area contributed by atoms with Gasteiger partial charge in [-0.05, 0) is 0 Å². The molecule has 2 nitrogen and oxygen atoms in total. The Kier molecular flexibility index (Phi) is 2.53. The van der Waals surface area contributed by atoms with Crippen molar-refractivity contribution in [2.45, 2.75) is 0 Å². The molecule has 0 heterocycles. The zero-order valence-corrected chi connectivity index (χ0v) is 3.95. The molecule has 0 amide bonds.